The highest BCUT2D eigenvalue weighted by molar-refractivity contribution is 7.59. The van der Waals surface area contributed by atoms with E-state index in [1.54, 1.807) is 18.3 Å². The van der Waals surface area contributed by atoms with Crippen molar-refractivity contribution >= 4 is 40.9 Å². The average molecular weight is 475 g/mol. The van der Waals surface area contributed by atoms with Crippen LogP contribution >= 0.6 is 24.8 Å². The minimum atomic E-state index is -0.855. The van der Waals surface area contributed by atoms with Gasteiger partial charge in [-0.2, -0.15) is 13.5 Å². The van der Waals surface area contributed by atoms with Crippen LogP contribution in [0.2, 0.25) is 0 Å². The van der Waals surface area contributed by atoms with Gasteiger partial charge < -0.3 is 9.84 Å². The molecule has 0 aliphatic heterocycles. The summed E-state index contributed by atoms with van der Waals surface area (Å²) in [5, 5.41) is 12.6. The fourth-order valence-corrected chi connectivity index (χ4v) is 4.76. The van der Waals surface area contributed by atoms with Crippen molar-refractivity contribution in [3.63, 3.8) is 0 Å². The minimum absolute atomic E-state index is 0. The van der Waals surface area contributed by atoms with Gasteiger partial charge in [0.2, 0.25) is 0 Å². The van der Waals surface area contributed by atoms with E-state index in [2.05, 4.69) is 66.6 Å². The van der Waals surface area contributed by atoms with Gasteiger partial charge in [-0.25, -0.2) is 0 Å². The molecule has 0 unspecified atom stereocenters. The number of benzene rings is 3. The van der Waals surface area contributed by atoms with E-state index in [0.29, 0.717) is 6.61 Å². The number of aryl methyl sites for hydroxylation is 1. The second-order valence-electron chi connectivity index (χ2n) is 7.70. The number of carbonyl (C=O) groups is 1. The van der Waals surface area contributed by atoms with Crippen molar-refractivity contribution in [2.75, 3.05) is 0 Å². The lowest BCUT2D eigenvalue weighted by atomic mass is 9.96. The molecular weight excluding hydrogens is 448 g/mol. The number of fused-ring (bicyclic) bond motifs is 1. The molecule has 1 heterocycles. The molecule has 3 aromatic carbocycles. The SMILES string of the molecule is CC#C[C@@H](CC(=O)O)c1ccc(OCc2ccc3scc(-c4ccccc4C)c3c2)cc1.S. The normalized spacial score (nSPS) is 11.2. The first-order chi connectivity index (χ1) is 15.5. The molecule has 1 N–H and O–H groups in total. The Bertz CT molecular complexity index is 1310. The van der Waals surface area contributed by atoms with Gasteiger partial charge in [0.1, 0.15) is 12.4 Å². The Morgan fingerprint density at radius 2 is 1.82 bits per heavy atom. The zero-order chi connectivity index (χ0) is 22.5. The summed E-state index contributed by atoms with van der Waals surface area (Å²) >= 11 is 1.76. The fourth-order valence-electron chi connectivity index (χ4n) is 3.81. The van der Waals surface area contributed by atoms with Gasteiger partial charge in [-0.3, -0.25) is 4.79 Å². The van der Waals surface area contributed by atoms with E-state index in [-0.39, 0.29) is 25.8 Å². The third-order valence-electron chi connectivity index (χ3n) is 5.46. The zero-order valence-electron chi connectivity index (χ0n) is 18.6. The summed E-state index contributed by atoms with van der Waals surface area (Å²) < 4.78 is 7.28. The first kappa shape index (κ1) is 24.4. The number of hydrogen-bond donors (Lipinski definition) is 1. The van der Waals surface area contributed by atoms with Crippen molar-refractivity contribution in [2.24, 2.45) is 0 Å². The van der Waals surface area contributed by atoms with Crippen molar-refractivity contribution in [3.8, 4) is 28.7 Å². The lowest BCUT2D eigenvalue weighted by Gasteiger charge is -2.11. The molecule has 0 fully saturated rings. The van der Waals surface area contributed by atoms with Gasteiger partial charge in [0.05, 0.1) is 12.3 Å². The van der Waals surface area contributed by atoms with Gasteiger partial charge >= 0.3 is 5.97 Å². The molecule has 0 radical (unpaired) electrons. The summed E-state index contributed by atoms with van der Waals surface area (Å²) in [6, 6.07) is 22.5. The minimum Gasteiger partial charge on any atom is -0.489 e. The Morgan fingerprint density at radius 1 is 1.06 bits per heavy atom. The zero-order valence-corrected chi connectivity index (χ0v) is 20.4. The fraction of sp³-hybridized carbons (Fsp3) is 0.179. The number of thiophene rings is 1. The predicted molar refractivity (Wildman–Crippen MR) is 142 cm³/mol. The van der Waals surface area contributed by atoms with Crippen LogP contribution in [0.15, 0.2) is 72.1 Å². The number of aliphatic carboxylic acids is 1. The Balaban J connectivity index is 0.00000306. The van der Waals surface area contributed by atoms with Gasteiger partial charge in [0.25, 0.3) is 0 Å². The molecule has 0 amide bonds. The molecule has 0 bridgehead atoms. The van der Waals surface area contributed by atoms with Crippen molar-refractivity contribution in [1.29, 1.82) is 0 Å². The van der Waals surface area contributed by atoms with Gasteiger partial charge in [0.15, 0.2) is 0 Å². The van der Waals surface area contributed by atoms with Crippen LogP contribution in [0, 0.1) is 18.8 Å². The van der Waals surface area contributed by atoms with Crippen molar-refractivity contribution in [3.05, 3.63) is 88.8 Å². The van der Waals surface area contributed by atoms with E-state index in [9.17, 15) is 4.79 Å². The lowest BCUT2D eigenvalue weighted by molar-refractivity contribution is -0.137. The van der Waals surface area contributed by atoms with E-state index >= 15 is 0 Å². The van der Waals surface area contributed by atoms with Crippen LogP contribution in [-0.2, 0) is 11.4 Å². The molecule has 5 heteroatoms. The van der Waals surface area contributed by atoms with Crippen LogP contribution in [0.3, 0.4) is 0 Å². The second kappa shape index (κ2) is 11.1. The van der Waals surface area contributed by atoms with Gasteiger partial charge in [-0.05, 0) is 65.7 Å². The molecule has 1 aromatic heterocycles. The number of rotatable bonds is 7. The number of ether oxygens (including phenoxy) is 1. The summed E-state index contributed by atoms with van der Waals surface area (Å²) in [4.78, 5) is 11.1. The van der Waals surface area contributed by atoms with Crippen LogP contribution in [0.25, 0.3) is 21.2 Å². The molecule has 3 nitrogen and oxygen atoms in total. The molecule has 168 valence electrons. The van der Waals surface area contributed by atoms with Crippen LogP contribution in [0.5, 0.6) is 5.75 Å². The second-order valence-corrected chi connectivity index (χ2v) is 8.61. The maximum atomic E-state index is 11.1. The van der Waals surface area contributed by atoms with Crippen molar-refractivity contribution < 1.29 is 14.6 Å². The van der Waals surface area contributed by atoms with E-state index in [1.165, 1.54) is 26.8 Å². The Morgan fingerprint density at radius 3 is 2.52 bits per heavy atom. The highest BCUT2D eigenvalue weighted by atomic mass is 32.1. The topological polar surface area (TPSA) is 46.5 Å². The first-order valence-corrected chi connectivity index (χ1v) is 11.4. The van der Waals surface area contributed by atoms with Gasteiger partial charge in [0, 0.05) is 15.6 Å². The molecule has 0 saturated carbocycles. The Hall–Kier alpha value is -3.20. The first-order valence-electron chi connectivity index (χ1n) is 10.5. The van der Waals surface area contributed by atoms with Crippen LogP contribution < -0.4 is 4.74 Å². The molecule has 4 aromatic rings. The molecule has 0 aliphatic carbocycles. The monoisotopic (exact) mass is 474 g/mol. The number of carboxylic acids is 1. The van der Waals surface area contributed by atoms with Gasteiger partial charge in [-0.1, -0.05) is 48.4 Å². The van der Waals surface area contributed by atoms with E-state index < -0.39 is 5.97 Å². The number of hydrogen-bond acceptors (Lipinski definition) is 3. The summed E-state index contributed by atoms with van der Waals surface area (Å²) in [6.07, 6.45) is -0.00901. The van der Waals surface area contributed by atoms with E-state index in [0.717, 1.165) is 16.9 Å². The van der Waals surface area contributed by atoms with Crippen molar-refractivity contribution in [1.82, 2.24) is 0 Å². The highest BCUT2D eigenvalue weighted by Crippen LogP contribution is 2.36. The summed E-state index contributed by atoms with van der Waals surface area (Å²) in [7, 11) is 0. The quantitative estimate of drug-likeness (QED) is 0.289. The lowest BCUT2D eigenvalue weighted by Crippen LogP contribution is -2.04. The standard InChI is InChI=1S/C28H24O3S.H2S/c1-3-6-22(16-28(29)30)21-10-12-23(13-11-21)31-17-20-9-14-27-25(15-20)26(18-32-27)24-8-5-4-7-19(24)2;/h4-5,7-15,18,22H,16-17H2,1-2H3,(H,29,30);1H2/t22-;/m0./s1. The summed E-state index contributed by atoms with van der Waals surface area (Å²) in [6.45, 7) is 4.33. The maximum Gasteiger partial charge on any atom is 0.304 e. The van der Waals surface area contributed by atoms with Gasteiger partial charge in [-0.15, -0.1) is 17.3 Å². The molecule has 33 heavy (non-hydrogen) atoms. The number of carboxylic acid groups (broad SMARTS) is 1. The Kier molecular flexibility index (Phi) is 8.21. The third-order valence-corrected chi connectivity index (χ3v) is 6.42. The van der Waals surface area contributed by atoms with Crippen molar-refractivity contribution in [2.45, 2.75) is 32.8 Å². The molecule has 1 atom stereocenters. The van der Waals surface area contributed by atoms with Crippen LogP contribution in [-0.4, -0.2) is 11.1 Å². The van der Waals surface area contributed by atoms with E-state index in [4.69, 9.17) is 9.84 Å². The highest BCUT2D eigenvalue weighted by Gasteiger charge is 2.13. The predicted octanol–water partition coefficient (Wildman–Crippen LogP) is 7.15. The summed E-state index contributed by atoms with van der Waals surface area (Å²) in [5.41, 5.74) is 5.78. The Labute approximate surface area is 205 Å². The molecule has 0 saturated heterocycles. The molecule has 0 aliphatic rings. The maximum absolute atomic E-state index is 11.1. The van der Waals surface area contributed by atoms with Crippen LogP contribution in [0.4, 0.5) is 0 Å². The van der Waals surface area contributed by atoms with E-state index in [1.807, 2.05) is 24.3 Å². The molecule has 0 spiro atoms. The van der Waals surface area contributed by atoms with Crippen LogP contribution in [0.1, 0.15) is 36.0 Å². The average Bonchev–Trinajstić information content (AvgIpc) is 3.21. The molecule has 4 rings (SSSR count). The smallest absolute Gasteiger partial charge is 0.304 e. The third kappa shape index (κ3) is 5.78. The summed E-state index contributed by atoms with van der Waals surface area (Å²) in [5.74, 6) is 5.38. The molecular formula is C28H26O3S2. The largest absolute Gasteiger partial charge is 0.489 e.